The van der Waals surface area contributed by atoms with Gasteiger partial charge in [0.25, 0.3) is 5.91 Å². The summed E-state index contributed by atoms with van der Waals surface area (Å²) in [7, 11) is 0. The van der Waals surface area contributed by atoms with Gasteiger partial charge in [-0.2, -0.15) is 0 Å². The molecule has 3 amide bonds. The molecule has 4 rings (SSSR count). The number of nitrogens with one attached hydrogen (secondary N) is 1. The quantitative estimate of drug-likeness (QED) is 0.453. The zero-order valence-corrected chi connectivity index (χ0v) is 18.3. The van der Waals surface area contributed by atoms with Gasteiger partial charge >= 0.3 is 6.03 Å². The zero-order valence-electron chi connectivity index (χ0n) is 18.3. The number of nitrogens with zero attached hydrogens (tertiary/aromatic N) is 4. The van der Waals surface area contributed by atoms with Gasteiger partial charge in [0.2, 0.25) is 5.90 Å². The number of carbonyl (C=O) groups excluding carboxylic acids is 2. The van der Waals surface area contributed by atoms with Gasteiger partial charge in [0.15, 0.2) is 11.9 Å². The smallest absolute Gasteiger partial charge is 0.325 e. The Bertz CT molecular complexity index is 967. The van der Waals surface area contributed by atoms with E-state index in [-0.39, 0.29) is 18.6 Å². The Balaban J connectivity index is 1.46. The molecular formula is C23H31N5O3. The number of hydrogen-bond acceptors (Lipinski definition) is 5. The second-order valence-corrected chi connectivity index (χ2v) is 8.37. The Hall–Kier alpha value is -2.90. The predicted molar refractivity (Wildman–Crippen MR) is 119 cm³/mol. The van der Waals surface area contributed by atoms with Crippen LogP contribution in [0.3, 0.4) is 0 Å². The molecule has 0 saturated carbocycles. The molecule has 1 saturated heterocycles. The molecule has 1 fully saturated rings. The number of rotatable bonds is 10. The minimum atomic E-state index is -0.737. The Morgan fingerprint density at radius 1 is 1.13 bits per heavy atom. The van der Waals surface area contributed by atoms with Gasteiger partial charge in [0, 0.05) is 0 Å². The van der Waals surface area contributed by atoms with Crippen molar-refractivity contribution >= 4 is 28.9 Å². The number of unbranched alkanes of at least 4 members (excludes halogenated alkanes) is 6. The van der Waals surface area contributed by atoms with Crippen LogP contribution < -0.4 is 5.32 Å². The van der Waals surface area contributed by atoms with Crippen LogP contribution in [0.5, 0.6) is 0 Å². The van der Waals surface area contributed by atoms with Crippen LogP contribution in [-0.4, -0.2) is 45.0 Å². The van der Waals surface area contributed by atoms with Gasteiger partial charge < -0.3 is 10.1 Å². The number of fused-ring (bicyclic) bond motifs is 3. The number of imidazole rings is 1. The van der Waals surface area contributed by atoms with E-state index in [1.54, 1.807) is 4.68 Å². The fourth-order valence-corrected chi connectivity index (χ4v) is 4.24. The summed E-state index contributed by atoms with van der Waals surface area (Å²) in [6.45, 7) is 4.23. The number of amides is 3. The molecule has 2 atom stereocenters. The highest BCUT2D eigenvalue weighted by molar-refractivity contribution is 6.06. The third-order valence-electron chi connectivity index (χ3n) is 5.91. The fourth-order valence-electron chi connectivity index (χ4n) is 4.24. The van der Waals surface area contributed by atoms with Crippen LogP contribution in [0.1, 0.15) is 77.1 Å². The van der Waals surface area contributed by atoms with Crippen molar-refractivity contribution in [2.75, 3.05) is 6.54 Å². The third kappa shape index (κ3) is 4.43. The van der Waals surface area contributed by atoms with Crippen molar-refractivity contribution in [3.05, 3.63) is 30.1 Å². The number of ether oxygens (including phenoxy) is 1. The van der Waals surface area contributed by atoms with Crippen LogP contribution >= 0.6 is 0 Å². The number of urea groups is 1. The average Bonchev–Trinajstić information content (AvgIpc) is 3.39. The van der Waals surface area contributed by atoms with Crippen LogP contribution in [0, 0.1) is 0 Å². The monoisotopic (exact) mass is 425 g/mol. The van der Waals surface area contributed by atoms with Crippen LogP contribution in [-0.2, 0) is 9.53 Å². The van der Waals surface area contributed by atoms with Crippen LogP contribution in [0.25, 0.3) is 11.0 Å². The van der Waals surface area contributed by atoms with E-state index in [0.29, 0.717) is 11.7 Å². The second kappa shape index (κ2) is 9.49. The minimum absolute atomic E-state index is 0.0174. The molecule has 2 unspecified atom stereocenters. The van der Waals surface area contributed by atoms with E-state index in [1.165, 1.54) is 43.4 Å². The van der Waals surface area contributed by atoms with Crippen molar-refractivity contribution < 1.29 is 14.3 Å². The Morgan fingerprint density at radius 2 is 1.87 bits per heavy atom. The summed E-state index contributed by atoms with van der Waals surface area (Å²) >= 11 is 0. The van der Waals surface area contributed by atoms with E-state index < -0.39 is 12.1 Å². The van der Waals surface area contributed by atoms with Crippen molar-refractivity contribution in [2.24, 2.45) is 5.10 Å². The predicted octanol–water partition coefficient (Wildman–Crippen LogP) is 4.35. The molecule has 8 nitrogen and oxygen atoms in total. The lowest BCUT2D eigenvalue weighted by atomic mass is 10.1. The lowest BCUT2D eigenvalue weighted by Gasteiger charge is -2.23. The Morgan fingerprint density at radius 3 is 2.61 bits per heavy atom. The summed E-state index contributed by atoms with van der Waals surface area (Å²) in [6, 6.07) is 6.45. The summed E-state index contributed by atoms with van der Waals surface area (Å²) < 4.78 is 7.87. The summed E-state index contributed by atoms with van der Waals surface area (Å²) in [5, 5.41) is 7.21. The molecule has 2 aliphatic rings. The van der Waals surface area contributed by atoms with Crippen molar-refractivity contribution in [1.29, 1.82) is 0 Å². The molecule has 2 aliphatic heterocycles. The molecule has 0 spiro atoms. The van der Waals surface area contributed by atoms with Crippen molar-refractivity contribution in [3.8, 4) is 0 Å². The van der Waals surface area contributed by atoms with Gasteiger partial charge in [-0.1, -0.05) is 57.6 Å². The summed E-state index contributed by atoms with van der Waals surface area (Å²) in [6.07, 6.45) is 9.54. The van der Waals surface area contributed by atoms with Crippen molar-refractivity contribution in [2.45, 2.75) is 77.4 Å². The molecule has 31 heavy (non-hydrogen) atoms. The largest absolute Gasteiger partial charge is 0.475 e. The Kier molecular flexibility index (Phi) is 6.53. The molecule has 1 aromatic carbocycles. The maximum absolute atomic E-state index is 12.4. The van der Waals surface area contributed by atoms with E-state index >= 15 is 0 Å². The second-order valence-electron chi connectivity index (χ2n) is 8.37. The van der Waals surface area contributed by atoms with E-state index in [2.05, 4.69) is 22.3 Å². The average molecular weight is 426 g/mol. The summed E-state index contributed by atoms with van der Waals surface area (Å²) in [4.78, 5) is 30.7. The van der Waals surface area contributed by atoms with Crippen LogP contribution in [0.2, 0.25) is 0 Å². The van der Waals surface area contributed by atoms with Crippen molar-refractivity contribution in [1.82, 2.24) is 19.9 Å². The van der Waals surface area contributed by atoms with Crippen LogP contribution in [0.4, 0.5) is 4.79 Å². The number of benzene rings is 1. The molecule has 3 heterocycles. The Labute approximate surface area is 182 Å². The number of imide groups is 1. The lowest BCUT2D eigenvalue weighted by Crippen LogP contribution is -2.39. The molecule has 2 aromatic rings. The first-order chi connectivity index (χ1) is 15.1. The normalized spacial score (nSPS) is 19.0. The maximum atomic E-state index is 12.4. The molecule has 0 bridgehead atoms. The molecule has 8 heteroatoms. The molecule has 1 N–H and O–H groups in total. The van der Waals surface area contributed by atoms with E-state index in [9.17, 15) is 9.59 Å². The molecular weight excluding hydrogens is 394 g/mol. The number of hydrogen-bond donors (Lipinski definition) is 1. The standard InChI is InChI=1S/C23H31N5O3/c1-3-4-5-6-7-8-9-12-16(2)31-22-20(27-19(29)15-24-23(27)30)21-25-17-13-10-11-14-18(17)28(21)26-22/h10-11,13-14,16,20H,3-9,12,15H2,1-2H3,(H,24,30). The lowest BCUT2D eigenvalue weighted by molar-refractivity contribution is -0.126. The molecule has 1 aromatic heterocycles. The van der Waals surface area contributed by atoms with Gasteiger partial charge in [-0.15, -0.1) is 5.10 Å². The molecule has 166 valence electrons. The van der Waals surface area contributed by atoms with Crippen LogP contribution in [0.15, 0.2) is 29.4 Å². The van der Waals surface area contributed by atoms with Gasteiger partial charge in [0.05, 0.1) is 23.7 Å². The number of carbonyl (C=O) groups is 2. The minimum Gasteiger partial charge on any atom is -0.475 e. The SMILES string of the molecule is CCCCCCCCCC(C)OC1=Nn2c(nc3ccccc32)C1N1C(=O)CNC1=O. The summed E-state index contributed by atoms with van der Waals surface area (Å²) in [5.74, 6) is 0.588. The van der Waals surface area contributed by atoms with Gasteiger partial charge in [-0.3, -0.25) is 4.79 Å². The first kappa shape index (κ1) is 21.3. The van der Waals surface area contributed by atoms with E-state index in [4.69, 9.17) is 4.74 Å². The number of para-hydroxylation sites is 2. The highest BCUT2D eigenvalue weighted by Crippen LogP contribution is 2.33. The highest BCUT2D eigenvalue weighted by atomic mass is 16.5. The highest BCUT2D eigenvalue weighted by Gasteiger charge is 2.45. The van der Waals surface area contributed by atoms with Crippen molar-refractivity contribution in [3.63, 3.8) is 0 Å². The topological polar surface area (TPSA) is 88.8 Å². The first-order valence-electron chi connectivity index (χ1n) is 11.4. The maximum Gasteiger partial charge on any atom is 0.325 e. The molecule has 0 radical (unpaired) electrons. The first-order valence-corrected chi connectivity index (χ1v) is 11.4. The molecule has 0 aliphatic carbocycles. The van der Waals surface area contributed by atoms with E-state index in [1.807, 2.05) is 31.2 Å². The van der Waals surface area contributed by atoms with Gasteiger partial charge in [-0.05, 0) is 31.9 Å². The third-order valence-corrected chi connectivity index (χ3v) is 5.91. The van der Waals surface area contributed by atoms with E-state index in [0.717, 1.165) is 23.9 Å². The zero-order chi connectivity index (χ0) is 21.8. The summed E-state index contributed by atoms with van der Waals surface area (Å²) in [5.41, 5.74) is 1.60. The van der Waals surface area contributed by atoms with Gasteiger partial charge in [0.1, 0.15) is 0 Å². The van der Waals surface area contributed by atoms with Gasteiger partial charge in [-0.25, -0.2) is 19.4 Å². The fraction of sp³-hybridized carbons (Fsp3) is 0.565. The number of aromatic nitrogens is 2.